The summed E-state index contributed by atoms with van der Waals surface area (Å²) < 4.78 is 11.3. The predicted octanol–water partition coefficient (Wildman–Crippen LogP) is 3.50. The van der Waals surface area contributed by atoms with Gasteiger partial charge < -0.3 is 20.1 Å². The molecule has 1 amide bonds. The zero-order valence-electron chi connectivity index (χ0n) is 13.5. The lowest BCUT2D eigenvalue weighted by Gasteiger charge is -2.28. The SMILES string of the molecule is C=CCOc1ccc([C@H]2NC(=O)c3ccccc3N2)cc1OCC. The van der Waals surface area contributed by atoms with Gasteiger partial charge in [-0.2, -0.15) is 0 Å². The highest BCUT2D eigenvalue weighted by molar-refractivity contribution is 6.01. The number of carbonyl (C=O) groups excluding carboxylic acids is 1. The number of fused-ring (bicyclic) bond motifs is 1. The summed E-state index contributed by atoms with van der Waals surface area (Å²) in [6, 6.07) is 13.1. The molecule has 1 heterocycles. The number of amides is 1. The van der Waals surface area contributed by atoms with Crippen molar-refractivity contribution in [1.29, 1.82) is 0 Å². The van der Waals surface area contributed by atoms with Crippen molar-refractivity contribution in [3.8, 4) is 11.5 Å². The second-order valence-corrected chi connectivity index (χ2v) is 5.34. The molecule has 5 heteroatoms. The first-order valence-electron chi connectivity index (χ1n) is 7.89. The van der Waals surface area contributed by atoms with Crippen LogP contribution < -0.4 is 20.1 Å². The molecule has 1 aliphatic rings. The Bertz CT molecular complexity index is 758. The Morgan fingerprint density at radius 2 is 1.96 bits per heavy atom. The van der Waals surface area contributed by atoms with Gasteiger partial charge in [-0.1, -0.05) is 30.9 Å². The predicted molar refractivity (Wildman–Crippen MR) is 93.6 cm³/mol. The van der Waals surface area contributed by atoms with Crippen LogP contribution in [0.4, 0.5) is 5.69 Å². The molecule has 2 aromatic carbocycles. The van der Waals surface area contributed by atoms with Gasteiger partial charge in [0.25, 0.3) is 5.91 Å². The fourth-order valence-electron chi connectivity index (χ4n) is 2.61. The van der Waals surface area contributed by atoms with Gasteiger partial charge in [-0.05, 0) is 36.8 Å². The number of rotatable bonds is 6. The van der Waals surface area contributed by atoms with E-state index in [-0.39, 0.29) is 12.1 Å². The van der Waals surface area contributed by atoms with Crippen molar-refractivity contribution in [2.75, 3.05) is 18.5 Å². The topological polar surface area (TPSA) is 59.6 Å². The van der Waals surface area contributed by atoms with E-state index in [4.69, 9.17) is 9.47 Å². The lowest BCUT2D eigenvalue weighted by atomic mass is 10.1. The third kappa shape index (κ3) is 3.20. The first-order chi connectivity index (χ1) is 11.7. The molecule has 0 saturated carbocycles. The van der Waals surface area contributed by atoms with E-state index >= 15 is 0 Å². The van der Waals surface area contributed by atoms with E-state index in [9.17, 15) is 4.79 Å². The Kier molecular flexibility index (Phi) is 4.70. The van der Waals surface area contributed by atoms with Crippen LogP contribution in [0.5, 0.6) is 11.5 Å². The van der Waals surface area contributed by atoms with Gasteiger partial charge in [-0.25, -0.2) is 0 Å². The maximum absolute atomic E-state index is 12.3. The number of ether oxygens (including phenoxy) is 2. The zero-order valence-corrected chi connectivity index (χ0v) is 13.5. The summed E-state index contributed by atoms with van der Waals surface area (Å²) in [4.78, 5) is 12.3. The number of hydrogen-bond acceptors (Lipinski definition) is 4. The molecule has 3 rings (SSSR count). The van der Waals surface area contributed by atoms with Crippen LogP contribution in [0.2, 0.25) is 0 Å². The van der Waals surface area contributed by atoms with E-state index in [0.29, 0.717) is 30.3 Å². The van der Waals surface area contributed by atoms with Crippen LogP contribution in [0, 0.1) is 0 Å². The van der Waals surface area contributed by atoms with Gasteiger partial charge in [-0.3, -0.25) is 4.79 Å². The summed E-state index contributed by atoms with van der Waals surface area (Å²) in [6.07, 6.45) is 1.36. The molecule has 0 spiro atoms. The van der Waals surface area contributed by atoms with Gasteiger partial charge in [0, 0.05) is 5.69 Å². The minimum atomic E-state index is -0.319. The molecule has 0 bridgehead atoms. The second-order valence-electron chi connectivity index (χ2n) is 5.34. The van der Waals surface area contributed by atoms with Crippen molar-refractivity contribution >= 4 is 11.6 Å². The molecule has 1 atom stereocenters. The Hall–Kier alpha value is -2.95. The van der Waals surface area contributed by atoms with Crippen LogP contribution in [0.1, 0.15) is 29.0 Å². The monoisotopic (exact) mass is 324 g/mol. The van der Waals surface area contributed by atoms with Crippen molar-refractivity contribution in [3.05, 3.63) is 66.2 Å². The fraction of sp³-hybridized carbons (Fsp3) is 0.211. The maximum Gasteiger partial charge on any atom is 0.255 e. The van der Waals surface area contributed by atoms with E-state index in [1.54, 1.807) is 12.1 Å². The van der Waals surface area contributed by atoms with Crippen molar-refractivity contribution in [2.24, 2.45) is 0 Å². The highest BCUT2D eigenvalue weighted by Crippen LogP contribution is 2.33. The molecule has 24 heavy (non-hydrogen) atoms. The molecular weight excluding hydrogens is 304 g/mol. The Morgan fingerprint density at radius 1 is 1.12 bits per heavy atom. The summed E-state index contributed by atoms with van der Waals surface area (Å²) in [6.45, 7) is 6.50. The van der Waals surface area contributed by atoms with Crippen LogP contribution in [0.15, 0.2) is 55.1 Å². The van der Waals surface area contributed by atoms with Gasteiger partial charge >= 0.3 is 0 Å². The first-order valence-corrected chi connectivity index (χ1v) is 7.89. The summed E-state index contributed by atoms with van der Waals surface area (Å²) >= 11 is 0. The normalized spacial score (nSPS) is 15.7. The van der Waals surface area contributed by atoms with Gasteiger partial charge in [0.05, 0.1) is 12.2 Å². The van der Waals surface area contributed by atoms with Gasteiger partial charge in [0.15, 0.2) is 11.5 Å². The van der Waals surface area contributed by atoms with E-state index < -0.39 is 0 Å². The molecule has 0 saturated heterocycles. The van der Waals surface area contributed by atoms with Crippen LogP contribution in [0.25, 0.3) is 0 Å². The zero-order chi connectivity index (χ0) is 16.9. The van der Waals surface area contributed by atoms with Gasteiger partial charge in [0.2, 0.25) is 0 Å². The number of benzene rings is 2. The smallest absolute Gasteiger partial charge is 0.255 e. The number of para-hydroxylation sites is 1. The maximum atomic E-state index is 12.3. The number of anilines is 1. The van der Waals surface area contributed by atoms with Crippen molar-refractivity contribution < 1.29 is 14.3 Å². The third-order valence-corrected chi connectivity index (χ3v) is 3.70. The summed E-state index contributed by atoms with van der Waals surface area (Å²) in [5.74, 6) is 1.20. The van der Waals surface area contributed by atoms with Crippen molar-refractivity contribution in [3.63, 3.8) is 0 Å². The standard InChI is InChI=1S/C19H20N2O3/c1-3-11-24-16-10-9-13(12-17(16)23-4-2)18-20-15-8-6-5-7-14(15)19(22)21-18/h3,5-10,12,18,20H,1,4,11H2,2H3,(H,21,22)/t18-/m1/s1. The molecular formula is C19H20N2O3. The summed E-state index contributed by atoms with van der Waals surface area (Å²) in [7, 11) is 0. The molecule has 0 unspecified atom stereocenters. The summed E-state index contributed by atoms with van der Waals surface area (Å²) in [5.41, 5.74) is 2.35. The van der Waals surface area contributed by atoms with Crippen LogP contribution >= 0.6 is 0 Å². The quantitative estimate of drug-likeness (QED) is 0.799. The minimum Gasteiger partial charge on any atom is -0.490 e. The second kappa shape index (κ2) is 7.08. The highest BCUT2D eigenvalue weighted by Gasteiger charge is 2.24. The average molecular weight is 324 g/mol. The summed E-state index contributed by atoms with van der Waals surface area (Å²) in [5, 5.41) is 6.29. The molecule has 2 N–H and O–H groups in total. The molecule has 1 aliphatic heterocycles. The lowest BCUT2D eigenvalue weighted by molar-refractivity contribution is 0.0935. The molecule has 2 aromatic rings. The van der Waals surface area contributed by atoms with E-state index in [1.165, 1.54) is 0 Å². The van der Waals surface area contributed by atoms with Crippen molar-refractivity contribution in [2.45, 2.75) is 13.1 Å². The minimum absolute atomic E-state index is 0.0979. The molecule has 0 aromatic heterocycles. The first kappa shape index (κ1) is 15.9. The van der Waals surface area contributed by atoms with Gasteiger partial charge in [-0.15, -0.1) is 0 Å². The number of hydrogen-bond donors (Lipinski definition) is 2. The molecule has 0 fully saturated rings. The average Bonchev–Trinajstić information content (AvgIpc) is 2.61. The molecule has 0 aliphatic carbocycles. The van der Waals surface area contributed by atoms with Gasteiger partial charge in [0.1, 0.15) is 12.8 Å². The fourth-order valence-corrected chi connectivity index (χ4v) is 2.61. The van der Waals surface area contributed by atoms with E-state index in [2.05, 4.69) is 17.2 Å². The molecule has 0 radical (unpaired) electrons. The van der Waals surface area contributed by atoms with Crippen molar-refractivity contribution in [1.82, 2.24) is 5.32 Å². The number of carbonyl (C=O) groups is 1. The Labute approximate surface area is 141 Å². The molecule has 5 nitrogen and oxygen atoms in total. The highest BCUT2D eigenvalue weighted by atomic mass is 16.5. The van der Waals surface area contributed by atoms with E-state index in [1.807, 2.05) is 43.3 Å². The van der Waals surface area contributed by atoms with Crippen LogP contribution in [0.3, 0.4) is 0 Å². The molecule has 124 valence electrons. The van der Waals surface area contributed by atoms with Crippen LogP contribution in [-0.2, 0) is 0 Å². The number of nitrogens with one attached hydrogen (secondary N) is 2. The van der Waals surface area contributed by atoms with E-state index in [0.717, 1.165) is 11.3 Å². The Balaban J connectivity index is 1.88. The lowest BCUT2D eigenvalue weighted by Crippen LogP contribution is -2.38. The Morgan fingerprint density at radius 3 is 2.75 bits per heavy atom. The van der Waals surface area contributed by atoms with Crippen LogP contribution in [-0.4, -0.2) is 19.1 Å². The largest absolute Gasteiger partial charge is 0.490 e. The third-order valence-electron chi connectivity index (χ3n) is 3.70.